The quantitative estimate of drug-likeness (QED) is 0.203. The van der Waals surface area contributed by atoms with Gasteiger partial charge in [-0.05, 0) is 0 Å². The molecule has 0 aliphatic heterocycles. The molecule has 0 atom stereocenters. The van der Waals surface area contributed by atoms with Crippen molar-refractivity contribution in [1.82, 2.24) is 0 Å². The summed E-state index contributed by atoms with van der Waals surface area (Å²) >= 11 is 0. The fourth-order valence-corrected chi connectivity index (χ4v) is 2.43. The first-order valence-electron chi connectivity index (χ1n) is 8.53. The van der Waals surface area contributed by atoms with Gasteiger partial charge in [0.2, 0.25) is 0 Å². The zero-order chi connectivity index (χ0) is 21.4. The van der Waals surface area contributed by atoms with Gasteiger partial charge in [-0.1, -0.05) is 0 Å². The Kier molecular flexibility index (Phi) is 7.50. The van der Waals surface area contributed by atoms with E-state index in [0.29, 0.717) is 16.7 Å². The van der Waals surface area contributed by atoms with Crippen molar-refractivity contribution in [2.45, 2.75) is 6.61 Å². The van der Waals surface area contributed by atoms with E-state index in [1.54, 1.807) is 12.1 Å². The van der Waals surface area contributed by atoms with Gasteiger partial charge in [-0.15, -0.1) is 0 Å². The molecule has 0 unspecified atom stereocenters. The predicted octanol–water partition coefficient (Wildman–Crippen LogP) is 3.13. The Labute approximate surface area is 168 Å². The van der Waals surface area contributed by atoms with Crippen LogP contribution in [0.5, 0.6) is 17.2 Å². The van der Waals surface area contributed by atoms with Gasteiger partial charge in [0.1, 0.15) is 0 Å². The topological polar surface area (TPSA) is 131 Å². The molecule has 0 aromatic heterocycles. The average Bonchev–Trinajstić information content (AvgIpc) is 2.73. The monoisotopic (exact) mass is 393 g/mol. The second-order valence-electron chi connectivity index (χ2n) is 5.95. The fourth-order valence-electron chi connectivity index (χ4n) is 2.43. The van der Waals surface area contributed by atoms with Crippen molar-refractivity contribution in [3.05, 3.63) is 76.5 Å². The van der Waals surface area contributed by atoms with Crippen molar-refractivity contribution in [3.8, 4) is 17.2 Å². The zero-order valence-corrected chi connectivity index (χ0v) is 15.7. The summed E-state index contributed by atoms with van der Waals surface area (Å²) in [5.41, 5.74) is 1.28. The molecule has 0 spiro atoms. The number of aliphatic hydroxyl groups excluding tert-OH is 2. The van der Waals surface area contributed by atoms with Crippen molar-refractivity contribution in [3.63, 3.8) is 0 Å². The van der Waals surface area contributed by atoms with Crippen LogP contribution in [-0.2, 0) is 11.4 Å². The van der Waals surface area contributed by atoms with Gasteiger partial charge >= 0.3 is 168 Å². The third-order valence-corrected chi connectivity index (χ3v) is 4.02. The number of allylic oxidation sites excluding steroid dienone is 3. The molecule has 2 aromatic rings. The van der Waals surface area contributed by atoms with Crippen LogP contribution in [0, 0.1) is 5.31 Å². The molecule has 0 fully saturated rings. The number of carbonyl (C=O) groups is 1. The van der Waals surface area contributed by atoms with Crippen molar-refractivity contribution in [1.29, 1.82) is 5.31 Å². The van der Waals surface area contributed by atoms with Crippen LogP contribution in [0.25, 0.3) is 12.2 Å². The van der Waals surface area contributed by atoms with Crippen LogP contribution < -0.4 is 4.74 Å². The molecule has 29 heavy (non-hydrogen) atoms. The van der Waals surface area contributed by atoms with E-state index in [9.17, 15) is 25.2 Å². The van der Waals surface area contributed by atoms with Crippen LogP contribution in [-0.4, -0.2) is 40.4 Å². The molecule has 8 heteroatoms. The second kappa shape index (κ2) is 10.1. The van der Waals surface area contributed by atoms with E-state index in [0.717, 1.165) is 7.07 Å². The van der Waals surface area contributed by atoms with Gasteiger partial charge < -0.3 is 0 Å². The summed E-state index contributed by atoms with van der Waals surface area (Å²) in [6.07, 6.45) is 5.40. The number of aromatic hydroxyl groups is 2. The Bertz CT molecular complexity index is 1010. The molecule has 0 heterocycles. The van der Waals surface area contributed by atoms with E-state index in [2.05, 4.69) is 0 Å². The van der Waals surface area contributed by atoms with E-state index < -0.39 is 11.5 Å². The van der Waals surface area contributed by atoms with E-state index >= 15 is 0 Å². The van der Waals surface area contributed by atoms with Crippen molar-refractivity contribution >= 4 is 25.0 Å². The van der Waals surface area contributed by atoms with Gasteiger partial charge in [-0.2, -0.15) is 0 Å². The van der Waals surface area contributed by atoms with Gasteiger partial charge in [0.05, 0.1) is 0 Å². The molecule has 0 aliphatic rings. The zero-order valence-electron chi connectivity index (χ0n) is 15.7. The van der Waals surface area contributed by atoms with E-state index in [-0.39, 0.29) is 29.3 Å². The summed E-state index contributed by atoms with van der Waals surface area (Å²) in [5.74, 6) is -0.815. The first kappa shape index (κ1) is 21.7. The normalized spacial score (nSPS) is 12.1. The Hall–Kier alpha value is -3.65. The van der Waals surface area contributed by atoms with Crippen molar-refractivity contribution in [2.24, 2.45) is 0 Å². The van der Waals surface area contributed by atoms with Gasteiger partial charge in [-0.25, -0.2) is 0 Å². The average molecular weight is 393 g/mol. The number of ether oxygens (including phenoxy) is 1. The number of hydrogen-bond acceptors (Lipinski definition) is 7. The standard InChI is InChI=1S/C21H20BNO6/c1-29-20-11-14(3-7-17(20)26)5-9-19(28)21(22-23)18(27)8-4-13-2-6-16(25)15(10-13)12-24/h2-11,23-27H,12H2,1H3/b8-4+,9-5+,21-18?. The van der Waals surface area contributed by atoms with Crippen LogP contribution in [0.4, 0.5) is 0 Å². The molecule has 0 saturated carbocycles. The number of hydrogen-bond donors (Lipinski definition) is 5. The van der Waals surface area contributed by atoms with Crippen molar-refractivity contribution < 1.29 is 30.0 Å². The summed E-state index contributed by atoms with van der Waals surface area (Å²) in [7, 11) is 2.16. The molecule has 0 bridgehead atoms. The van der Waals surface area contributed by atoms with Gasteiger partial charge in [0, 0.05) is 0 Å². The van der Waals surface area contributed by atoms with E-state index in [4.69, 9.17) is 10.0 Å². The Morgan fingerprint density at radius 2 is 1.69 bits per heavy atom. The van der Waals surface area contributed by atoms with Crippen LogP contribution in [0.15, 0.2) is 59.8 Å². The molecular formula is C21H20BNO6. The minimum atomic E-state index is -0.587. The molecule has 5 N–H and O–H groups in total. The first-order valence-corrected chi connectivity index (χ1v) is 8.53. The summed E-state index contributed by atoms with van der Waals surface area (Å²) in [6, 6.07) is 9.05. The molecule has 7 nitrogen and oxygen atoms in total. The predicted molar refractivity (Wildman–Crippen MR) is 110 cm³/mol. The number of phenols is 2. The molecule has 148 valence electrons. The molecular weight excluding hydrogens is 373 g/mol. The van der Waals surface area contributed by atoms with E-state index in [1.165, 1.54) is 55.7 Å². The van der Waals surface area contributed by atoms with Gasteiger partial charge in [0.25, 0.3) is 0 Å². The Morgan fingerprint density at radius 3 is 2.31 bits per heavy atom. The van der Waals surface area contributed by atoms with Crippen LogP contribution in [0.3, 0.4) is 0 Å². The number of benzene rings is 2. The minimum absolute atomic E-state index is 0.0302. The van der Waals surface area contributed by atoms with Gasteiger partial charge in [-0.3, -0.25) is 0 Å². The molecule has 2 rings (SSSR count). The number of aliphatic hydroxyl groups is 2. The third-order valence-electron chi connectivity index (χ3n) is 4.02. The van der Waals surface area contributed by atoms with E-state index in [1.807, 2.05) is 0 Å². The third kappa shape index (κ3) is 5.66. The van der Waals surface area contributed by atoms with Crippen LogP contribution in [0.2, 0.25) is 0 Å². The number of nitrogens with one attached hydrogen (secondary N) is 1. The summed E-state index contributed by atoms with van der Waals surface area (Å²) < 4.78 is 5.00. The number of ketones is 1. The summed E-state index contributed by atoms with van der Waals surface area (Å²) in [6.45, 7) is -0.341. The first-order chi connectivity index (χ1) is 13.9. The summed E-state index contributed by atoms with van der Waals surface area (Å²) in [5, 5.41) is 45.9. The summed E-state index contributed by atoms with van der Waals surface area (Å²) in [4.78, 5) is 12.3. The maximum absolute atomic E-state index is 12.3. The van der Waals surface area contributed by atoms with Crippen molar-refractivity contribution in [2.75, 3.05) is 7.11 Å². The second-order valence-corrected chi connectivity index (χ2v) is 5.95. The SMILES string of the molecule is COc1cc(/C=C/C(=O)C(B=N)=C(O)/C=C/c2ccc(O)c(CO)c2)ccc1O. The number of carbonyl (C=O) groups excluding carboxylic acids is 1. The number of phenolic OH excluding ortho intramolecular Hbond substituents is 1. The maximum atomic E-state index is 12.3. The number of rotatable bonds is 8. The fraction of sp³-hybridized carbons (Fsp3) is 0.0952. The Balaban J connectivity index is 2.22. The molecule has 0 aliphatic carbocycles. The van der Waals surface area contributed by atoms with Crippen LogP contribution in [0.1, 0.15) is 16.7 Å². The molecule has 0 radical (unpaired) electrons. The van der Waals surface area contributed by atoms with Crippen LogP contribution >= 0.6 is 0 Å². The van der Waals surface area contributed by atoms with Gasteiger partial charge in [0.15, 0.2) is 0 Å². The molecule has 0 saturated heterocycles. The molecule has 2 aromatic carbocycles. The Morgan fingerprint density at radius 1 is 1.07 bits per heavy atom. The number of methoxy groups -OCH3 is 1. The molecule has 0 amide bonds.